The molecule has 0 saturated carbocycles. The van der Waals surface area contributed by atoms with Crippen molar-refractivity contribution < 1.29 is 4.39 Å². The maximum atomic E-state index is 13.2. The smallest absolute Gasteiger partial charge is 0.219 e. The lowest BCUT2D eigenvalue weighted by Gasteiger charge is -1.88. The Morgan fingerprint density at radius 2 is 2.25 bits per heavy atom. The first-order valence-electron chi connectivity index (χ1n) is 3.46. The molecule has 62 valence electrons. The predicted octanol–water partition coefficient (Wildman–Crippen LogP) is 2.37. The van der Waals surface area contributed by atoms with Crippen molar-refractivity contribution >= 4 is 22.5 Å². The maximum Gasteiger partial charge on any atom is 0.219 e. The molecule has 0 fully saturated rings. The van der Waals surface area contributed by atoms with Crippen molar-refractivity contribution in [2.24, 2.45) is 7.05 Å². The zero-order chi connectivity index (χ0) is 8.72. The minimum atomic E-state index is -0.354. The lowest BCUT2D eigenvalue weighted by molar-refractivity contribution is 0.512. The topological polar surface area (TPSA) is 17.8 Å². The molecule has 1 aromatic carbocycles. The second-order valence-corrected chi connectivity index (χ2v) is 3.01. The van der Waals surface area contributed by atoms with Crippen LogP contribution < -0.4 is 0 Å². The SMILES string of the molecule is Cn1nc2ccc(Cl)cc2c1F. The molecular formula is C8H6ClFN2. The molecule has 0 atom stereocenters. The van der Waals surface area contributed by atoms with Gasteiger partial charge < -0.3 is 0 Å². The van der Waals surface area contributed by atoms with Crippen LogP contribution in [0.15, 0.2) is 18.2 Å². The van der Waals surface area contributed by atoms with Crippen LogP contribution in [0.25, 0.3) is 10.9 Å². The molecule has 0 spiro atoms. The number of rotatable bonds is 0. The van der Waals surface area contributed by atoms with E-state index < -0.39 is 0 Å². The minimum Gasteiger partial charge on any atom is -0.242 e. The number of halogens is 2. The second kappa shape index (κ2) is 2.45. The summed E-state index contributed by atoms with van der Waals surface area (Å²) in [5.74, 6) is -0.354. The summed E-state index contributed by atoms with van der Waals surface area (Å²) in [6.07, 6.45) is 0. The van der Waals surface area contributed by atoms with Crippen LogP contribution in [0.3, 0.4) is 0 Å². The monoisotopic (exact) mass is 184 g/mol. The molecule has 0 unspecified atom stereocenters. The molecule has 0 N–H and O–H groups in total. The van der Waals surface area contributed by atoms with Gasteiger partial charge in [0, 0.05) is 12.1 Å². The lowest BCUT2D eigenvalue weighted by Crippen LogP contribution is -1.92. The summed E-state index contributed by atoms with van der Waals surface area (Å²) in [5, 5.41) is 4.92. The minimum absolute atomic E-state index is 0.354. The zero-order valence-electron chi connectivity index (χ0n) is 6.38. The highest BCUT2D eigenvalue weighted by atomic mass is 35.5. The molecular weight excluding hydrogens is 179 g/mol. The Hall–Kier alpha value is -1.09. The summed E-state index contributed by atoms with van der Waals surface area (Å²) in [6, 6.07) is 4.95. The number of hydrogen-bond acceptors (Lipinski definition) is 1. The van der Waals surface area contributed by atoms with Gasteiger partial charge in [0.15, 0.2) is 0 Å². The summed E-state index contributed by atoms with van der Waals surface area (Å²) in [7, 11) is 1.56. The van der Waals surface area contributed by atoms with Gasteiger partial charge in [-0.3, -0.25) is 0 Å². The van der Waals surface area contributed by atoms with Crippen molar-refractivity contribution in [3.63, 3.8) is 0 Å². The Morgan fingerprint density at radius 1 is 1.50 bits per heavy atom. The van der Waals surface area contributed by atoms with Crippen molar-refractivity contribution in [2.75, 3.05) is 0 Å². The van der Waals surface area contributed by atoms with Gasteiger partial charge in [-0.25, -0.2) is 4.68 Å². The van der Waals surface area contributed by atoms with Gasteiger partial charge in [-0.15, -0.1) is 0 Å². The number of aryl methyl sites for hydroxylation is 1. The maximum absolute atomic E-state index is 13.2. The molecule has 12 heavy (non-hydrogen) atoms. The van der Waals surface area contributed by atoms with Gasteiger partial charge in [-0.2, -0.15) is 9.49 Å². The van der Waals surface area contributed by atoms with Crippen LogP contribution in [0.4, 0.5) is 4.39 Å². The van der Waals surface area contributed by atoms with E-state index in [0.29, 0.717) is 15.9 Å². The third-order valence-electron chi connectivity index (χ3n) is 1.72. The van der Waals surface area contributed by atoms with Crippen molar-refractivity contribution in [1.82, 2.24) is 9.78 Å². The van der Waals surface area contributed by atoms with Crippen LogP contribution in [-0.2, 0) is 7.05 Å². The van der Waals surface area contributed by atoms with E-state index in [0.717, 1.165) is 0 Å². The van der Waals surface area contributed by atoms with Crippen molar-refractivity contribution in [2.45, 2.75) is 0 Å². The first-order valence-corrected chi connectivity index (χ1v) is 3.84. The third-order valence-corrected chi connectivity index (χ3v) is 1.96. The summed E-state index contributed by atoms with van der Waals surface area (Å²) in [6.45, 7) is 0. The molecule has 0 aliphatic carbocycles. The van der Waals surface area contributed by atoms with E-state index in [4.69, 9.17) is 11.6 Å². The fourth-order valence-electron chi connectivity index (χ4n) is 1.14. The van der Waals surface area contributed by atoms with Gasteiger partial charge in [-0.1, -0.05) is 11.6 Å². The fraction of sp³-hybridized carbons (Fsp3) is 0.125. The Bertz CT molecular complexity index is 436. The van der Waals surface area contributed by atoms with E-state index in [1.165, 1.54) is 4.68 Å². The van der Waals surface area contributed by atoms with Crippen LogP contribution in [0.1, 0.15) is 0 Å². The average molecular weight is 185 g/mol. The molecule has 2 rings (SSSR count). The molecule has 1 aromatic heterocycles. The van der Waals surface area contributed by atoms with Crippen molar-refractivity contribution in [3.8, 4) is 0 Å². The summed E-state index contributed by atoms with van der Waals surface area (Å²) >= 11 is 5.70. The highest BCUT2D eigenvalue weighted by Gasteiger charge is 2.07. The van der Waals surface area contributed by atoms with Gasteiger partial charge in [-0.05, 0) is 18.2 Å². The second-order valence-electron chi connectivity index (χ2n) is 2.58. The van der Waals surface area contributed by atoms with Gasteiger partial charge in [0.2, 0.25) is 5.95 Å². The summed E-state index contributed by atoms with van der Waals surface area (Å²) < 4.78 is 14.4. The summed E-state index contributed by atoms with van der Waals surface area (Å²) in [4.78, 5) is 0. The third kappa shape index (κ3) is 0.975. The van der Waals surface area contributed by atoms with E-state index >= 15 is 0 Å². The Kier molecular flexibility index (Phi) is 1.54. The van der Waals surface area contributed by atoms with Crippen LogP contribution in [0, 0.1) is 5.95 Å². The Balaban J connectivity index is 2.88. The normalized spacial score (nSPS) is 10.9. The van der Waals surface area contributed by atoms with Gasteiger partial charge in [0.05, 0.1) is 10.9 Å². The fourth-order valence-corrected chi connectivity index (χ4v) is 1.31. The van der Waals surface area contributed by atoms with E-state index in [1.807, 2.05) is 0 Å². The quantitative estimate of drug-likeness (QED) is 0.615. The molecule has 0 saturated heterocycles. The molecule has 4 heteroatoms. The summed E-state index contributed by atoms with van der Waals surface area (Å²) in [5.41, 5.74) is 0.624. The molecule has 0 aliphatic rings. The zero-order valence-corrected chi connectivity index (χ0v) is 7.14. The van der Waals surface area contributed by atoms with Gasteiger partial charge >= 0.3 is 0 Å². The molecule has 1 heterocycles. The number of fused-ring (bicyclic) bond motifs is 1. The molecule has 2 aromatic rings. The predicted molar refractivity (Wildman–Crippen MR) is 45.7 cm³/mol. The van der Waals surface area contributed by atoms with Crippen molar-refractivity contribution in [1.29, 1.82) is 0 Å². The van der Waals surface area contributed by atoms with E-state index in [2.05, 4.69) is 5.10 Å². The number of benzene rings is 1. The number of nitrogens with zero attached hydrogens (tertiary/aromatic N) is 2. The molecule has 0 aliphatic heterocycles. The Morgan fingerprint density at radius 3 is 3.00 bits per heavy atom. The van der Waals surface area contributed by atoms with Gasteiger partial charge in [0.1, 0.15) is 0 Å². The van der Waals surface area contributed by atoms with Gasteiger partial charge in [0.25, 0.3) is 0 Å². The molecule has 0 amide bonds. The Labute approximate surface area is 73.6 Å². The number of hydrogen-bond donors (Lipinski definition) is 0. The van der Waals surface area contributed by atoms with Crippen LogP contribution >= 0.6 is 11.6 Å². The number of aromatic nitrogens is 2. The van der Waals surface area contributed by atoms with E-state index in [9.17, 15) is 4.39 Å². The largest absolute Gasteiger partial charge is 0.242 e. The highest BCUT2D eigenvalue weighted by molar-refractivity contribution is 6.31. The first-order chi connectivity index (χ1) is 5.68. The average Bonchev–Trinajstić information content (AvgIpc) is 2.31. The van der Waals surface area contributed by atoms with Crippen LogP contribution in [-0.4, -0.2) is 9.78 Å². The lowest BCUT2D eigenvalue weighted by atomic mass is 10.2. The van der Waals surface area contributed by atoms with E-state index in [-0.39, 0.29) is 5.95 Å². The first kappa shape index (κ1) is 7.55. The van der Waals surface area contributed by atoms with Crippen LogP contribution in [0.2, 0.25) is 5.02 Å². The van der Waals surface area contributed by atoms with Crippen LogP contribution in [0.5, 0.6) is 0 Å². The molecule has 2 nitrogen and oxygen atoms in total. The molecule has 0 bridgehead atoms. The highest BCUT2D eigenvalue weighted by Crippen LogP contribution is 2.20. The molecule has 0 radical (unpaired) electrons. The van der Waals surface area contributed by atoms with E-state index in [1.54, 1.807) is 25.2 Å². The standard InChI is InChI=1S/C8H6ClFN2/c1-12-8(10)6-4-5(9)2-3-7(6)11-12/h2-4H,1H3. The van der Waals surface area contributed by atoms with Crippen molar-refractivity contribution in [3.05, 3.63) is 29.2 Å².